The van der Waals surface area contributed by atoms with Gasteiger partial charge in [0.2, 0.25) is 6.10 Å². The van der Waals surface area contributed by atoms with E-state index in [9.17, 15) is 4.79 Å². The van der Waals surface area contributed by atoms with Crippen LogP contribution in [0.2, 0.25) is 0 Å². The third kappa shape index (κ3) is 3.52. The maximum Gasteiger partial charge on any atom is 0.277 e. The number of hydrogen-bond acceptors (Lipinski definition) is 4. The second-order valence-corrected chi connectivity index (χ2v) is 3.39. The predicted molar refractivity (Wildman–Crippen MR) is 59.8 cm³/mol. The zero-order valence-electron chi connectivity index (χ0n) is 9.40. The third-order valence-electron chi connectivity index (χ3n) is 2.02. The number of rotatable bonds is 5. The van der Waals surface area contributed by atoms with E-state index in [1.807, 2.05) is 30.5 Å². The normalized spacial score (nSPS) is 11.9. The smallest absolute Gasteiger partial charge is 0.277 e. The van der Waals surface area contributed by atoms with Gasteiger partial charge in [0.05, 0.1) is 6.61 Å². The lowest BCUT2D eigenvalue weighted by Crippen LogP contribution is -2.44. The summed E-state index contributed by atoms with van der Waals surface area (Å²) in [4.78, 5) is 11.4. The van der Waals surface area contributed by atoms with Crippen LogP contribution in [0.4, 0.5) is 0 Å². The molecular weight excluding hydrogens is 208 g/mol. The van der Waals surface area contributed by atoms with Gasteiger partial charge in [0, 0.05) is 7.11 Å². The Hall–Kier alpha value is -1.59. The molecule has 5 nitrogen and oxygen atoms in total. The van der Waals surface area contributed by atoms with Crippen molar-refractivity contribution in [3.05, 3.63) is 29.8 Å². The number of ether oxygens (including phenoxy) is 2. The fourth-order valence-electron chi connectivity index (χ4n) is 1.26. The Labute approximate surface area is 94.5 Å². The van der Waals surface area contributed by atoms with Crippen LogP contribution in [0.25, 0.3) is 0 Å². The standard InChI is InChI=1S/C11H16N2O3/c1-8-4-3-5-9(6-8)16-10(7-15-2)11(14)13-12/h3-6,10H,7,12H2,1-2H3,(H,13,14). The van der Waals surface area contributed by atoms with Gasteiger partial charge in [-0.25, -0.2) is 5.84 Å². The van der Waals surface area contributed by atoms with Gasteiger partial charge in [0.15, 0.2) is 0 Å². The Morgan fingerprint density at radius 1 is 1.56 bits per heavy atom. The fourth-order valence-corrected chi connectivity index (χ4v) is 1.26. The fraction of sp³-hybridized carbons (Fsp3) is 0.364. The molecule has 1 atom stereocenters. The first-order valence-electron chi connectivity index (χ1n) is 4.90. The molecule has 0 spiro atoms. The van der Waals surface area contributed by atoms with Gasteiger partial charge in [-0.1, -0.05) is 12.1 Å². The van der Waals surface area contributed by atoms with E-state index >= 15 is 0 Å². The van der Waals surface area contributed by atoms with Crippen molar-refractivity contribution >= 4 is 5.91 Å². The van der Waals surface area contributed by atoms with Gasteiger partial charge in [0.25, 0.3) is 5.91 Å². The van der Waals surface area contributed by atoms with Crippen molar-refractivity contribution in [1.29, 1.82) is 0 Å². The maximum absolute atomic E-state index is 11.4. The van der Waals surface area contributed by atoms with E-state index in [0.717, 1.165) is 5.56 Å². The van der Waals surface area contributed by atoms with Gasteiger partial charge in [-0.2, -0.15) is 0 Å². The molecule has 0 aliphatic rings. The van der Waals surface area contributed by atoms with Gasteiger partial charge in [-0.3, -0.25) is 10.2 Å². The van der Waals surface area contributed by atoms with E-state index in [2.05, 4.69) is 0 Å². The summed E-state index contributed by atoms with van der Waals surface area (Å²) in [7, 11) is 1.50. The summed E-state index contributed by atoms with van der Waals surface area (Å²) >= 11 is 0. The van der Waals surface area contributed by atoms with E-state index in [0.29, 0.717) is 5.75 Å². The van der Waals surface area contributed by atoms with Crippen LogP contribution in [0.1, 0.15) is 5.56 Å². The van der Waals surface area contributed by atoms with Crippen LogP contribution >= 0.6 is 0 Å². The van der Waals surface area contributed by atoms with E-state index < -0.39 is 12.0 Å². The van der Waals surface area contributed by atoms with Gasteiger partial charge in [-0.15, -0.1) is 0 Å². The monoisotopic (exact) mass is 224 g/mol. The molecule has 0 saturated carbocycles. The lowest BCUT2D eigenvalue weighted by molar-refractivity contribution is -0.130. The molecule has 0 fully saturated rings. The molecule has 0 saturated heterocycles. The zero-order valence-corrected chi connectivity index (χ0v) is 9.40. The van der Waals surface area contributed by atoms with E-state index in [1.54, 1.807) is 6.07 Å². The zero-order chi connectivity index (χ0) is 12.0. The maximum atomic E-state index is 11.4. The summed E-state index contributed by atoms with van der Waals surface area (Å²) in [6.45, 7) is 2.10. The minimum Gasteiger partial charge on any atom is -0.478 e. The Kier molecular flexibility index (Phi) is 4.75. The van der Waals surface area contributed by atoms with Crippen molar-refractivity contribution < 1.29 is 14.3 Å². The van der Waals surface area contributed by atoms with Crippen molar-refractivity contribution in [3.63, 3.8) is 0 Å². The molecule has 5 heteroatoms. The topological polar surface area (TPSA) is 73.6 Å². The Balaban J connectivity index is 2.71. The van der Waals surface area contributed by atoms with Gasteiger partial charge >= 0.3 is 0 Å². The SMILES string of the molecule is COCC(Oc1cccc(C)c1)C(=O)NN. The lowest BCUT2D eigenvalue weighted by atomic mass is 10.2. The molecular formula is C11H16N2O3. The van der Waals surface area contributed by atoms with E-state index in [1.165, 1.54) is 7.11 Å². The highest BCUT2D eigenvalue weighted by Crippen LogP contribution is 2.14. The Morgan fingerprint density at radius 2 is 2.31 bits per heavy atom. The van der Waals surface area contributed by atoms with Gasteiger partial charge in [-0.05, 0) is 24.6 Å². The van der Waals surface area contributed by atoms with Crippen molar-refractivity contribution in [2.75, 3.05) is 13.7 Å². The molecule has 0 heterocycles. The number of nitrogens with two attached hydrogens (primary N) is 1. The van der Waals surface area contributed by atoms with Crippen LogP contribution in [0.15, 0.2) is 24.3 Å². The number of hydrogen-bond donors (Lipinski definition) is 2. The number of amides is 1. The number of carbonyl (C=O) groups is 1. The first-order valence-corrected chi connectivity index (χ1v) is 4.90. The molecule has 0 bridgehead atoms. The molecule has 1 aromatic rings. The van der Waals surface area contributed by atoms with Gasteiger partial charge < -0.3 is 9.47 Å². The molecule has 0 aliphatic heterocycles. The average Bonchev–Trinajstić information content (AvgIpc) is 2.27. The summed E-state index contributed by atoms with van der Waals surface area (Å²) in [5, 5.41) is 0. The minimum absolute atomic E-state index is 0.150. The number of methoxy groups -OCH3 is 1. The molecule has 1 amide bonds. The van der Waals surface area contributed by atoms with Crippen LogP contribution in [0.3, 0.4) is 0 Å². The quantitative estimate of drug-likeness (QED) is 0.431. The predicted octanol–water partition coefficient (Wildman–Crippen LogP) is 0.379. The van der Waals surface area contributed by atoms with Crippen LogP contribution in [0, 0.1) is 6.92 Å². The third-order valence-corrected chi connectivity index (χ3v) is 2.02. The number of benzene rings is 1. The highest BCUT2D eigenvalue weighted by Gasteiger charge is 2.19. The van der Waals surface area contributed by atoms with E-state index in [-0.39, 0.29) is 6.61 Å². The second kappa shape index (κ2) is 6.09. The van der Waals surface area contributed by atoms with Crippen LogP contribution in [-0.4, -0.2) is 25.7 Å². The first kappa shape index (κ1) is 12.5. The van der Waals surface area contributed by atoms with Crippen LogP contribution in [-0.2, 0) is 9.53 Å². The number of hydrazine groups is 1. The molecule has 16 heavy (non-hydrogen) atoms. The lowest BCUT2D eigenvalue weighted by Gasteiger charge is -2.16. The van der Waals surface area contributed by atoms with Gasteiger partial charge in [0.1, 0.15) is 5.75 Å². The summed E-state index contributed by atoms with van der Waals surface area (Å²) in [6, 6.07) is 7.42. The highest BCUT2D eigenvalue weighted by atomic mass is 16.5. The number of nitrogens with one attached hydrogen (secondary N) is 1. The molecule has 1 unspecified atom stereocenters. The minimum atomic E-state index is -0.739. The van der Waals surface area contributed by atoms with E-state index in [4.69, 9.17) is 15.3 Å². The Bertz CT molecular complexity index is 355. The number of aryl methyl sites for hydroxylation is 1. The number of carbonyl (C=O) groups excluding carboxylic acids is 1. The molecule has 0 radical (unpaired) electrons. The van der Waals surface area contributed by atoms with Crippen molar-refractivity contribution in [2.45, 2.75) is 13.0 Å². The first-order chi connectivity index (χ1) is 7.67. The van der Waals surface area contributed by atoms with Crippen LogP contribution < -0.4 is 16.0 Å². The van der Waals surface area contributed by atoms with Crippen molar-refractivity contribution in [1.82, 2.24) is 5.43 Å². The van der Waals surface area contributed by atoms with Crippen molar-refractivity contribution in [2.24, 2.45) is 5.84 Å². The van der Waals surface area contributed by atoms with Crippen LogP contribution in [0.5, 0.6) is 5.75 Å². The second-order valence-electron chi connectivity index (χ2n) is 3.39. The molecule has 88 valence electrons. The highest BCUT2D eigenvalue weighted by molar-refractivity contribution is 5.80. The summed E-state index contributed by atoms with van der Waals surface area (Å²) in [5.74, 6) is 5.25. The van der Waals surface area contributed by atoms with Crippen molar-refractivity contribution in [3.8, 4) is 5.75 Å². The summed E-state index contributed by atoms with van der Waals surface area (Å²) < 4.78 is 10.4. The molecule has 0 aromatic heterocycles. The largest absolute Gasteiger partial charge is 0.478 e. The molecule has 0 aliphatic carbocycles. The molecule has 1 rings (SSSR count). The average molecular weight is 224 g/mol. The molecule has 3 N–H and O–H groups in total. The molecule has 1 aromatic carbocycles. The summed E-state index contributed by atoms with van der Waals surface area (Å²) in [5.41, 5.74) is 3.10. The Morgan fingerprint density at radius 3 is 2.88 bits per heavy atom. The summed E-state index contributed by atoms with van der Waals surface area (Å²) in [6.07, 6.45) is -0.739.